The number of aromatic carboxylic acids is 1. The summed E-state index contributed by atoms with van der Waals surface area (Å²) >= 11 is 0. The molecule has 0 unspecified atom stereocenters. The van der Waals surface area contributed by atoms with Gasteiger partial charge in [0.05, 0.1) is 5.69 Å². The van der Waals surface area contributed by atoms with Crippen LogP contribution in [0.25, 0.3) is 5.65 Å². The van der Waals surface area contributed by atoms with Crippen LogP contribution in [0.4, 0.5) is 0 Å². The summed E-state index contributed by atoms with van der Waals surface area (Å²) in [6, 6.07) is 1.75. The molecule has 0 aromatic carbocycles. The number of aromatic nitrogens is 3. The van der Waals surface area contributed by atoms with E-state index in [9.17, 15) is 9.90 Å². The van der Waals surface area contributed by atoms with Crippen molar-refractivity contribution in [2.75, 3.05) is 0 Å². The van der Waals surface area contributed by atoms with Crippen molar-refractivity contribution in [1.29, 1.82) is 0 Å². The molecule has 16 heavy (non-hydrogen) atoms. The van der Waals surface area contributed by atoms with Crippen molar-refractivity contribution in [1.82, 2.24) is 14.6 Å². The lowest BCUT2D eigenvalue weighted by Crippen LogP contribution is -2.13. The van der Waals surface area contributed by atoms with E-state index in [1.165, 1.54) is 0 Å². The summed E-state index contributed by atoms with van der Waals surface area (Å²) < 4.78 is 1.55. The minimum atomic E-state index is -0.935. The van der Waals surface area contributed by atoms with Crippen molar-refractivity contribution >= 4 is 11.6 Å². The Morgan fingerprint density at radius 2 is 2.31 bits per heavy atom. The van der Waals surface area contributed by atoms with Gasteiger partial charge in [-0.2, -0.15) is 5.10 Å². The molecule has 3 rings (SSSR count). The topological polar surface area (TPSA) is 67.5 Å². The van der Waals surface area contributed by atoms with E-state index in [0.29, 0.717) is 17.3 Å². The summed E-state index contributed by atoms with van der Waals surface area (Å²) in [7, 11) is 0. The Morgan fingerprint density at radius 3 is 2.94 bits per heavy atom. The van der Waals surface area contributed by atoms with Gasteiger partial charge in [0.2, 0.25) is 0 Å². The van der Waals surface area contributed by atoms with Crippen LogP contribution < -0.4 is 0 Å². The van der Waals surface area contributed by atoms with Crippen LogP contribution in [0.2, 0.25) is 0 Å². The first-order valence-electron chi connectivity index (χ1n) is 5.34. The van der Waals surface area contributed by atoms with Gasteiger partial charge < -0.3 is 5.11 Å². The molecule has 0 saturated heterocycles. The summed E-state index contributed by atoms with van der Waals surface area (Å²) in [4.78, 5) is 15.3. The fraction of sp³-hybridized carbons (Fsp3) is 0.364. The summed E-state index contributed by atoms with van der Waals surface area (Å²) in [6.45, 7) is 0. The predicted molar refractivity (Wildman–Crippen MR) is 56.5 cm³/mol. The molecule has 0 radical (unpaired) electrons. The van der Waals surface area contributed by atoms with Crippen molar-refractivity contribution in [3.05, 3.63) is 29.7 Å². The molecule has 2 heterocycles. The maximum atomic E-state index is 11.2. The third kappa shape index (κ3) is 1.21. The summed E-state index contributed by atoms with van der Waals surface area (Å²) in [5.74, 6) is -0.636. The summed E-state index contributed by atoms with van der Waals surface area (Å²) in [5.41, 5.74) is 1.40. The van der Waals surface area contributed by atoms with E-state index in [1.807, 2.05) is 0 Å². The zero-order chi connectivity index (χ0) is 11.1. The highest BCUT2D eigenvalue weighted by molar-refractivity contribution is 5.96. The fourth-order valence-corrected chi connectivity index (χ4v) is 2.08. The summed E-state index contributed by atoms with van der Waals surface area (Å²) in [6.07, 6.45) is 6.55. The first-order chi connectivity index (χ1) is 7.77. The molecule has 1 fully saturated rings. The second-order valence-corrected chi connectivity index (χ2v) is 4.08. The van der Waals surface area contributed by atoms with Gasteiger partial charge in [0.25, 0.3) is 0 Å². The van der Waals surface area contributed by atoms with Crippen LogP contribution >= 0.6 is 0 Å². The number of carboxylic acid groups (broad SMARTS) is 1. The smallest absolute Gasteiger partial charge is 0.341 e. The highest BCUT2D eigenvalue weighted by Crippen LogP contribution is 2.37. The molecule has 0 bridgehead atoms. The molecule has 82 valence electrons. The number of rotatable bonds is 2. The lowest BCUT2D eigenvalue weighted by atomic mass is 9.81. The van der Waals surface area contributed by atoms with E-state index in [-0.39, 0.29) is 5.56 Å². The highest BCUT2D eigenvalue weighted by atomic mass is 16.4. The Hall–Kier alpha value is -1.91. The molecule has 5 heteroatoms. The first kappa shape index (κ1) is 9.33. The standard InChI is InChI=1S/C11H11N3O2/c15-11(16)8-9(7-3-1-4-7)13-14-6-2-5-12-10(8)14/h2,5-7H,1,3-4H2,(H,15,16). The fourth-order valence-electron chi connectivity index (χ4n) is 2.08. The van der Waals surface area contributed by atoms with Crippen molar-refractivity contribution in [3.63, 3.8) is 0 Å². The lowest BCUT2D eigenvalue weighted by molar-refractivity contribution is 0.0696. The molecule has 2 aromatic rings. The predicted octanol–water partition coefficient (Wildman–Crippen LogP) is 1.70. The van der Waals surface area contributed by atoms with Crippen LogP contribution in [0, 0.1) is 0 Å². The second-order valence-electron chi connectivity index (χ2n) is 4.08. The van der Waals surface area contributed by atoms with Crippen LogP contribution in [-0.2, 0) is 0 Å². The van der Waals surface area contributed by atoms with Crippen molar-refractivity contribution in [3.8, 4) is 0 Å². The molecule has 1 aliphatic carbocycles. The zero-order valence-corrected chi connectivity index (χ0v) is 8.63. The van der Waals surface area contributed by atoms with E-state index in [4.69, 9.17) is 0 Å². The van der Waals surface area contributed by atoms with Crippen molar-refractivity contribution < 1.29 is 9.90 Å². The number of nitrogens with zero attached hydrogens (tertiary/aromatic N) is 3. The summed E-state index contributed by atoms with van der Waals surface area (Å²) in [5, 5.41) is 13.6. The van der Waals surface area contributed by atoms with Crippen LogP contribution in [0.3, 0.4) is 0 Å². The second kappa shape index (κ2) is 3.30. The van der Waals surface area contributed by atoms with E-state index in [1.54, 1.807) is 23.0 Å². The van der Waals surface area contributed by atoms with Gasteiger partial charge in [-0.3, -0.25) is 0 Å². The van der Waals surface area contributed by atoms with E-state index < -0.39 is 5.97 Å². The van der Waals surface area contributed by atoms with Crippen LogP contribution in [0.15, 0.2) is 18.5 Å². The van der Waals surface area contributed by atoms with Crippen molar-refractivity contribution in [2.45, 2.75) is 25.2 Å². The number of fused-ring (bicyclic) bond motifs is 1. The number of hydrogen-bond donors (Lipinski definition) is 1. The average Bonchev–Trinajstić information content (AvgIpc) is 2.53. The monoisotopic (exact) mass is 217 g/mol. The number of carboxylic acids is 1. The SMILES string of the molecule is O=C(O)c1c(C2CCC2)nn2cccnc12. The molecule has 1 N–H and O–H groups in total. The maximum Gasteiger partial charge on any atom is 0.341 e. The average molecular weight is 217 g/mol. The van der Waals surface area contributed by atoms with Gasteiger partial charge in [-0.1, -0.05) is 6.42 Å². The Kier molecular flexibility index (Phi) is 1.92. The molecule has 5 nitrogen and oxygen atoms in total. The Balaban J connectivity index is 2.25. The Labute approximate surface area is 91.7 Å². The zero-order valence-electron chi connectivity index (χ0n) is 8.63. The lowest BCUT2D eigenvalue weighted by Gasteiger charge is -2.23. The normalized spacial score (nSPS) is 16.2. The third-order valence-corrected chi connectivity index (χ3v) is 3.13. The maximum absolute atomic E-state index is 11.2. The molecule has 0 atom stereocenters. The van der Waals surface area contributed by atoms with Gasteiger partial charge in [0, 0.05) is 18.3 Å². The minimum absolute atomic E-state index is 0.269. The van der Waals surface area contributed by atoms with E-state index in [2.05, 4.69) is 10.1 Å². The quantitative estimate of drug-likeness (QED) is 0.831. The van der Waals surface area contributed by atoms with Gasteiger partial charge in [0.15, 0.2) is 5.65 Å². The van der Waals surface area contributed by atoms with Gasteiger partial charge >= 0.3 is 5.97 Å². The van der Waals surface area contributed by atoms with Crippen LogP contribution in [0.1, 0.15) is 41.2 Å². The van der Waals surface area contributed by atoms with Gasteiger partial charge in [-0.15, -0.1) is 0 Å². The largest absolute Gasteiger partial charge is 0.477 e. The first-order valence-corrected chi connectivity index (χ1v) is 5.34. The molecular weight excluding hydrogens is 206 g/mol. The van der Waals surface area contributed by atoms with Gasteiger partial charge in [-0.05, 0) is 18.9 Å². The molecule has 0 spiro atoms. The minimum Gasteiger partial charge on any atom is -0.477 e. The van der Waals surface area contributed by atoms with Crippen LogP contribution in [-0.4, -0.2) is 25.7 Å². The molecule has 0 amide bonds. The molecular formula is C11H11N3O2. The third-order valence-electron chi connectivity index (χ3n) is 3.13. The van der Waals surface area contributed by atoms with E-state index in [0.717, 1.165) is 19.3 Å². The number of hydrogen-bond acceptors (Lipinski definition) is 3. The van der Waals surface area contributed by atoms with E-state index >= 15 is 0 Å². The Morgan fingerprint density at radius 1 is 1.50 bits per heavy atom. The molecule has 1 saturated carbocycles. The van der Waals surface area contributed by atoms with Gasteiger partial charge in [-0.25, -0.2) is 14.3 Å². The molecule has 0 aliphatic heterocycles. The van der Waals surface area contributed by atoms with Crippen LogP contribution in [0.5, 0.6) is 0 Å². The molecule has 2 aromatic heterocycles. The van der Waals surface area contributed by atoms with Gasteiger partial charge in [0.1, 0.15) is 5.56 Å². The van der Waals surface area contributed by atoms with Crippen molar-refractivity contribution in [2.24, 2.45) is 0 Å². The number of carbonyl (C=O) groups is 1. The molecule has 1 aliphatic rings. The Bertz CT molecular complexity index is 557. The highest BCUT2D eigenvalue weighted by Gasteiger charge is 2.29.